The van der Waals surface area contributed by atoms with Crippen molar-refractivity contribution in [2.75, 3.05) is 6.54 Å². The molecule has 0 radical (unpaired) electrons. The van der Waals surface area contributed by atoms with Crippen LogP contribution in [0.15, 0.2) is 18.2 Å². The van der Waals surface area contributed by atoms with Gasteiger partial charge in [-0.1, -0.05) is 44.4 Å². The van der Waals surface area contributed by atoms with E-state index in [1.54, 1.807) is 0 Å². The molecule has 1 aromatic rings. The Morgan fingerprint density at radius 1 is 1.26 bits per heavy atom. The topological polar surface area (TPSA) is 24.1 Å². The molecule has 0 aromatic heterocycles. The monoisotopic (exact) mass is 260 g/mol. The van der Waals surface area contributed by atoms with Gasteiger partial charge in [0.1, 0.15) is 0 Å². The van der Waals surface area contributed by atoms with E-state index in [1.807, 2.05) is 0 Å². The predicted molar refractivity (Wildman–Crippen MR) is 82.3 cm³/mol. The predicted octanol–water partition coefficient (Wildman–Crippen LogP) is 3.39. The van der Waals surface area contributed by atoms with Crippen molar-refractivity contribution in [3.63, 3.8) is 0 Å². The zero-order valence-corrected chi connectivity index (χ0v) is 12.5. The van der Waals surface area contributed by atoms with Crippen molar-refractivity contribution in [3.8, 4) is 0 Å². The van der Waals surface area contributed by atoms with Crippen molar-refractivity contribution in [1.82, 2.24) is 10.6 Å². The molecule has 1 atom stereocenters. The molecule has 2 rings (SSSR count). The average Bonchev–Trinajstić information content (AvgIpc) is 2.45. The number of hydrogen-bond donors (Lipinski definition) is 2. The van der Waals surface area contributed by atoms with Gasteiger partial charge in [0.05, 0.1) is 0 Å². The van der Waals surface area contributed by atoms with Gasteiger partial charge in [0.25, 0.3) is 0 Å². The van der Waals surface area contributed by atoms with Crippen LogP contribution in [-0.2, 0) is 19.5 Å². The molecule has 2 N–H and O–H groups in total. The number of benzene rings is 1. The fourth-order valence-corrected chi connectivity index (χ4v) is 2.74. The highest BCUT2D eigenvalue weighted by Gasteiger charge is 2.09. The molecule has 2 heteroatoms. The van der Waals surface area contributed by atoms with Gasteiger partial charge in [-0.3, -0.25) is 0 Å². The number of fused-ring (bicyclic) bond motifs is 1. The lowest BCUT2D eigenvalue weighted by Gasteiger charge is -2.19. The summed E-state index contributed by atoms with van der Waals surface area (Å²) < 4.78 is 0. The summed E-state index contributed by atoms with van der Waals surface area (Å²) >= 11 is 0. The van der Waals surface area contributed by atoms with Crippen molar-refractivity contribution in [1.29, 1.82) is 0 Å². The van der Waals surface area contributed by atoms with E-state index in [2.05, 4.69) is 42.7 Å². The quantitative estimate of drug-likeness (QED) is 0.734. The lowest BCUT2D eigenvalue weighted by atomic mass is 9.98. The van der Waals surface area contributed by atoms with E-state index in [-0.39, 0.29) is 0 Å². The number of nitrogens with one attached hydrogen (secondary N) is 2. The molecule has 0 aliphatic carbocycles. The van der Waals surface area contributed by atoms with Crippen LogP contribution in [-0.4, -0.2) is 12.6 Å². The fourth-order valence-electron chi connectivity index (χ4n) is 2.74. The van der Waals surface area contributed by atoms with Gasteiger partial charge >= 0.3 is 0 Å². The summed E-state index contributed by atoms with van der Waals surface area (Å²) in [5, 5.41) is 7.09. The molecule has 0 saturated heterocycles. The molecule has 0 fully saturated rings. The summed E-state index contributed by atoms with van der Waals surface area (Å²) in [5.74, 6) is 0. The summed E-state index contributed by atoms with van der Waals surface area (Å²) in [6.45, 7) is 7.73. The average molecular weight is 260 g/mol. The molecule has 1 aliphatic heterocycles. The van der Waals surface area contributed by atoms with Gasteiger partial charge in [0.15, 0.2) is 0 Å². The molecule has 19 heavy (non-hydrogen) atoms. The highest BCUT2D eigenvalue weighted by Crippen LogP contribution is 2.16. The zero-order chi connectivity index (χ0) is 13.5. The number of hydrogen-bond acceptors (Lipinski definition) is 2. The van der Waals surface area contributed by atoms with Crippen LogP contribution in [0.3, 0.4) is 0 Å². The van der Waals surface area contributed by atoms with Crippen LogP contribution < -0.4 is 10.6 Å². The molecule has 1 unspecified atom stereocenters. The van der Waals surface area contributed by atoms with Gasteiger partial charge in [-0.15, -0.1) is 0 Å². The minimum absolute atomic E-state index is 0.626. The van der Waals surface area contributed by atoms with Gasteiger partial charge < -0.3 is 10.6 Å². The third-order valence-electron chi connectivity index (χ3n) is 4.05. The Hall–Kier alpha value is -0.860. The second-order valence-corrected chi connectivity index (χ2v) is 5.81. The van der Waals surface area contributed by atoms with Crippen LogP contribution in [0.4, 0.5) is 0 Å². The largest absolute Gasteiger partial charge is 0.312 e. The maximum absolute atomic E-state index is 3.64. The Kier molecular flexibility index (Phi) is 5.87. The third-order valence-corrected chi connectivity index (χ3v) is 4.05. The standard InChI is InChI=1S/C17H28N2/c1-3-4-5-6-14(2)19-12-15-7-8-16-9-10-18-13-17(16)11-15/h7-8,11,14,18-19H,3-6,9-10,12-13H2,1-2H3. The molecule has 2 nitrogen and oxygen atoms in total. The van der Waals surface area contributed by atoms with Gasteiger partial charge in [-0.05, 0) is 43.0 Å². The Balaban J connectivity index is 1.79. The molecule has 106 valence electrons. The normalized spacial score (nSPS) is 16.1. The summed E-state index contributed by atoms with van der Waals surface area (Å²) in [6.07, 6.45) is 6.48. The Labute approximate surface area is 118 Å². The van der Waals surface area contributed by atoms with Gasteiger partial charge in [0, 0.05) is 19.1 Å². The Morgan fingerprint density at radius 2 is 2.16 bits per heavy atom. The first kappa shape index (κ1) is 14.5. The van der Waals surface area contributed by atoms with Crippen LogP contribution in [0.5, 0.6) is 0 Å². The van der Waals surface area contributed by atoms with Crippen molar-refractivity contribution in [2.24, 2.45) is 0 Å². The van der Waals surface area contributed by atoms with E-state index in [0.717, 1.165) is 19.6 Å². The van der Waals surface area contributed by atoms with Crippen molar-refractivity contribution in [3.05, 3.63) is 34.9 Å². The molecule has 1 aliphatic rings. The van der Waals surface area contributed by atoms with E-state index < -0.39 is 0 Å². The van der Waals surface area contributed by atoms with E-state index in [9.17, 15) is 0 Å². The summed E-state index contributed by atoms with van der Waals surface area (Å²) in [5.41, 5.74) is 4.44. The minimum Gasteiger partial charge on any atom is -0.312 e. The summed E-state index contributed by atoms with van der Waals surface area (Å²) in [6, 6.07) is 7.60. The molecule has 0 bridgehead atoms. The van der Waals surface area contributed by atoms with Crippen LogP contribution in [0.2, 0.25) is 0 Å². The number of rotatable bonds is 7. The van der Waals surface area contributed by atoms with Crippen LogP contribution in [0, 0.1) is 0 Å². The van der Waals surface area contributed by atoms with Crippen molar-refractivity contribution < 1.29 is 0 Å². The maximum Gasteiger partial charge on any atom is 0.0208 e. The molecule has 1 aromatic carbocycles. The molecule has 0 amide bonds. The summed E-state index contributed by atoms with van der Waals surface area (Å²) in [4.78, 5) is 0. The molecular formula is C17H28N2. The van der Waals surface area contributed by atoms with Crippen molar-refractivity contribution in [2.45, 2.75) is 65.1 Å². The second kappa shape index (κ2) is 7.66. The van der Waals surface area contributed by atoms with Crippen molar-refractivity contribution >= 4 is 0 Å². The third kappa shape index (κ3) is 4.63. The second-order valence-electron chi connectivity index (χ2n) is 5.81. The highest BCUT2D eigenvalue weighted by atomic mass is 14.9. The SMILES string of the molecule is CCCCCC(C)NCc1ccc2c(c1)CNCC2. The summed E-state index contributed by atoms with van der Waals surface area (Å²) in [7, 11) is 0. The Morgan fingerprint density at radius 3 is 3.00 bits per heavy atom. The van der Waals surface area contributed by atoms with E-state index >= 15 is 0 Å². The number of unbranched alkanes of at least 4 members (excludes halogenated alkanes) is 2. The van der Waals surface area contributed by atoms with Gasteiger partial charge in [-0.25, -0.2) is 0 Å². The first-order valence-electron chi connectivity index (χ1n) is 7.84. The lowest BCUT2D eigenvalue weighted by molar-refractivity contribution is 0.487. The van der Waals surface area contributed by atoms with E-state index in [0.29, 0.717) is 6.04 Å². The maximum atomic E-state index is 3.64. The van der Waals surface area contributed by atoms with E-state index in [1.165, 1.54) is 48.8 Å². The fraction of sp³-hybridized carbons (Fsp3) is 0.647. The lowest BCUT2D eigenvalue weighted by Crippen LogP contribution is -2.26. The molecule has 0 spiro atoms. The van der Waals surface area contributed by atoms with Crippen LogP contribution in [0.25, 0.3) is 0 Å². The van der Waals surface area contributed by atoms with Gasteiger partial charge in [0.2, 0.25) is 0 Å². The molecule has 0 saturated carbocycles. The highest BCUT2D eigenvalue weighted by molar-refractivity contribution is 5.33. The smallest absolute Gasteiger partial charge is 0.0208 e. The molecular weight excluding hydrogens is 232 g/mol. The van der Waals surface area contributed by atoms with Crippen LogP contribution in [0.1, 0.15) is 56.2 Å². The minimum atomic E-state index is 0.626. The zero-order valence-electron chi connectivity index (χ0n) is 12.5. The Bertz CT molecular complexity index is 387. The first-order valence-corrected chi connectivity index (χ1v) is 7.84. The first-order chi connectivity index (χ1) is 9.29. The van der Waals surface area contributed by atoms with Crippen LogP contribution >= 0.6 is 0 Å². The molecule has 1 heterocycles. The van der Waals surface area contributed by atoms with E-state index in [4.69, 9.17) is 0 Å². The van der Waals surface area contributed by atoms with Gasteiger partial charge in [-0.2, -0.15) is 0 Å².